The minimum Gasteiger partial charge on any atom is -0.494 e. The molecule has 1 saturated heterocycles. The molecule has 9 nitrogen and oxygen atoms in total. The van der Waals surface area contributed by atoms with Crippen LogP contribution in [0.15, 0.2) is 54.7 Å². The van der Waals surface area contributed by atoms with Crippen molar-refractivity contribution in [2.45, 2.75) is 18.9 Å². The fourth-order valence-electron chi connectivity index (χ4n) is 5.23. The highest BCUT2D eigenvalue weighted by atomic mass is 31.2. The summed E-state index contributed by atoms with van der Waals surface area (Å²) in [5, 5.41) is 4.15. The first kappa shape index (κ1) is 26.1. The number of nitrogens with one attached hydrogen (secondary N) is 1. The highest BCUT2D eigenvalue weighted by Gasteiger charge is 2.23. The summed E-state index contributed by atoms with van der Waals surface area (Å²) in [5.41, 5.74) is 10.3. The molecule has 2 aromatic heterocycles. The second-order valence-electron chi connectivity index (χ2n) is 10.4. The highest BCUT2D eigenvalue weighted by Crippen LogP contribution is 2.39. The molecule has 38 heavy (non-hydrogen) atoms. The van der Waals surface area contributed by atoms with Crippen molar-refractivity contribution in [3.63, 3.8) is 0 Å². The monoisotopic (exact) mass is 533 g/mol. The van der Waals surface area contributed by atoms with Crippen molar-refractivity contribution < 1.29 is 9.30 Å². The number of nitrogens with two attached hydrogens (primary N) is 1. The molecular weight excluding hydrogens is 497 g/mol. The Balaban J connectivity index is 1.54. The van der Waals surface area contributed by atoms with Crippen molar-refractivity contribution >= 4 is 46.6 Å². The van der Waals surface area contributed by atoms with Crippen LogP contribution in [0.1, 0.15) is 12.8 Å². The number of hydrogen-bond acceptors (Lipinski definition) is 8. The topological polar surface area (TPSA) is 102 Å². The van der Waals surface area contributed by atoms with E-state index in [1.807, 2.05) is 41.1 Å². The largest absolute Gasteiger partial charge is 0.494 e. The number of aromatic nitrogens is 3. The van der Waals surface area contributed by atoms with Gasteiger partial charge >= 0.3 is 0 Å². The van der Waals surface area contributed by atoms with Crippen LogP contribution >= 0.6 is 7.14 Å². The maximum Gasteiger partial charge on any atom is 0.222 e. The van der Waals surface area contributed by atoms with E-state index in [-0.39, 0.29) is 5.95 Å². The van der Waals surface area contributed by atoms with E-state index in [4.69, 9.17) is 10.5 Å². The van der Waals surface area contributed by atoms with Gasteiger partial charge in [-0.1, -0.05) is 12.1 Å². The standard InChI is InChI=1S/C28H36N7O2P/c1-33(2)19-12-15-34(16-13-19)20-10-11-23(24(18-20)37-3)35-17-14-22-26(35)27(32-28(29)31-22)30-21-8-6-7-9-25(21)38(4,5)36/h6-11,14,17-19H,12-13,15-16H2,1-5H3,(H3,29,30,31,32). The first-order valence-electron chi connectivity index (χ1n) is 12.8. The number of para-hydroxylation sites is 1. The minimum atomic E-state index is -2.53. The number of nitrogens with zero attached hydrogens (tertiary/aromatic N) is 5. The number of rotatable bonds is 7. The Labute approximate surface area is 224 Å². The Morgan fingerprint density at radius 3 is 2.50 bits per heavy atom. The van der Waals surface area contributed by atoms with E-state index in [2.05, 4.69) is 57.4 Å². The molecule has 0 unspecified atom stereocenters. The fourth-order valence-corrected chi connectivity index (χ4v) is 6.39. The first-order chi connectivity index (χ1) is 18.2. The summed E-state index contributed by atoms with van der Waals surface area (Å²) in [7, 11) is 3.47. The van der Waals surface area contributed by atoms with Gasteiger partial charge in [-0.15, -0.1) is 0 Å². The number of hydrogen-bond donors (Lipinski definition) is 2. The van der Waals surface area contributed by atoms with E-state index in [1.165, 1.54) is 0 Å². The molecule has 1 fully saturated rings. The van der Waals surface area contributed by atoms with E-state index >= 15 is 0 Å². The number of ether oxygens (including phenoxy) is 1. The maximum absolute atomic E-state index is 13.0. The van der Waals surface area contributed by atoms with Crippen LogP contribution in [-0.4, -0.2) is 73.1 Å². The van der Waals surface area contributed by atoms with Gasteiger partial charge in [0.25, 0.3) is 0 Å². The average molecular weight is 534 g/mol. The average Bonchev–Trinajstić information content (AvgIpc) is 3.31. The van der Waals surface area contributed by atoms with Crippen LogP contribution in [0.25, 0.3) is 16.7 Å². The molecule has 10 heteroatoms. The van der Waals surface area contributed by atoms with E-state index in [1.54, 1.807) is 20.4 Å². The summed E-state index contributed by atoms with van der Waals surface area (Å²) in [6, 6.07) is 16.4. The molecule has 0 atom stereocenters. The van der Waals surface area contributed by atoms with Gasteiger partial charge in [0.1, 0.15) is 18.4 Å². The van der Waals surface area contributed by atoms with Gasteiger partial charge in [0.2, 0.25) is 5.95 Å². The van der Waals surface area contributed by atoms with Crippen molar-refractivity contribution in [3.8, 4) is 11.4 Å². The number of fused-ring (bicyclic) bond motifs is 1. The molecule has 0 amide bonds. The van der Waals surface area contributed by atoms with Gasteiger partial charge in [0.15, 0.2) is 5.82 Å². The zero-order valence-corrected chi connectivity index (χ0v) is 23.6. The summed E-state index contributed by atoms with van der Waals surface area (Å²) >= 11 is 0. The Kier molecular flexibility index (Phi) is 7.07. The molecule has 4 aromatic rings. The van der Waals surface area contributed by atoms with Gasteiger partial charge < -0.3 is 34.7 Å². The van der Waals surface area contributed by atoms with Gasteiger partial charge in [0.05, 0.1) is 24.0 Å². The third-order valence-electron chi connectivity index (χ3n) is 7.27. The van der Waals surface area contributed by atoms with Crippen molar-refractivity contribution in [1.82, 2.24) is 19.4 Å². The Morgan fingerprint density at radius 1 is 1.08 bits per heavy atom. The normalized spacial score (nSPS) is 14.8. The lowest BCUT2D eigenvalue weighted by Gasteiger charge is -2.36. The lowest BCUT2D eigenvalue weighted by atomic mass is 10.0. The Morgan fingerprint density at radius 2 is 1.82 bits per heavy atom. The van der Waals surface area contributed by atoms with Gasteiger partial charge in [0, 0.05) is 42.4 Å². The quantitative estimate of drug-likeness (QED) is 0.334. The number of nitrogen functional groups attached to an aromatic ring is 1. The summed E-state index contributed by atoms with van der Waals surface area (Å²) in [6.45, 7) is 5.54. The van der Waals surface area contributed by atoms with Crippen molar-refractivity contribution in [1.29, 1.82) is 0 Å². The third kappa shape index (κ3) is 5.08. The lowest BCUT2D eigenvalue weighted by molar-refractivity contribution is 0.249. The van der Waals surface area contributed by atoms with Crippen LogP contribution in [0.2, 0.25) is 0 Å². The zero-order chi connectivity index (χ0) is 27.0. The maximum atomic E-state index is 13.0. The smallest absolute Gasteiger partial charge is 0.222 e. The molecule has 5 rings (SSSR count). The summed E-state index contributed by atoms with van der Waals surface area (Å²) in [4.78, 5) is 13.7. The predicted octanol–water partition coefficient (Wildman–Crippen LogP) is 4.53. The number of piperidine rings is 1. The van der Waals surface area contributed by atoms with Gasteiger partial charge in [-0.3, -0.25) is 0 Å². The molecule has 1 aliphatic rings. The SMILES string of the molecule is COc1cc(N2CCC(N(C)C)CC2)ccc1-n1ccc2nc(N)nc(Nc3ccccc3P(C)(C)=O)c21. The second-order valence-corrected chi connectivity index (χ2v) is 13.6. The predicted molar refractivity (Wildman–Crippen MR) is 158 cm³/mol. The van der Waals surface area contributed by atoms with Crippen LogP contribution in [0.5, 0.6) is 5.75 Å². The third-order valence-corrected chi connectivity index (χ3v) is 8.82. The molecule has 3 N–H and O–H groups in total. The number of methoxy groups -OCH3 is 1. The van der Waals surface area contributed by atoms with Crippen LogP contribution in [-0.2, 0) is 4.57 Å². The fraction of sp³-hybridized carbons (Fsp3) is 0.357. The van der Waals surface area contributed by atoms with Crippen LogP contribution in [0.4, 0.5) is 23.1 Å². The van der Waals surface area contributed by atoms with Crippen molar-refractivity contribution in [3.05, 3.63) is 54.7 Å². The van der Waals surface area contributed by atoms with Gasteiger partial charge in [-0.2, -0.15) is 4.98 Å². The van der Waals surface area contributed by atoms with Crippen molar-refractivity contribution in [2.24, 2.45) is 0 Å². The molecule has 200 valence electrons. The highest BCUT2D eigenvalue weighted by molar-refractivity contribution is 7.70. The van der Waals surface area contributed by atoms with Crippen LogP contribution in [0.3, 0.4) is 0 Å². The van der Waals surface area contributed by atoms with Crippen molar-refractivity contribution in [2.75, 3.05) is 63.6 Å². The van der Waals surface area contributed by atoms with Crippen LogP contribution in [0, 0.1) is 0 Å². The van der Waals surface area contributed by atoms with E-state index < -0.39 is 7.14 Å². The molecule has 0 aliphatic carbocycles. The molecule has 0 spiro atoms. The van der Waals surface area contributed by atoms with Gasteiger partial charge in [-0.25, -0.2) is 4.98 Å². The summed E-state index contributed by atoms with van der Waals surface area (Å²) in [6.07, 6.45) is 4.22. The lowest BCUT2D eigenvalue weighted by Crippen LogP contribution is -2.41. The Hall–Kier alpha value is -3.55. The van der Waals surface area contributed by atoms with E-state index in [0.29, 0.717) is 17.4 Å². The van der Waals surface area contributed by atoms with E-state index in [9.17, 15) is 4.57 Å². The molecule has 3 heterocycles. The molecule has 2 aromatic carbocycles. The second kappa shape index (κ2) is 10.3. The Bertz CT molecular complexity index is 1500. The van der Waals surface area contributed by atoms with E-state index in [0.717, 1.165) is 59.6 Å². The molecule has 0 radical (unpaired) electrons. The molecule has 0 bridgehead atoms. The summed E-state index contributed by atoms with van der Waals surface area (Å²) in [5.74, 6) is 1.45. The summed E-state index contributed by atoms with van der Waals surface area (Å²) < 4.78 is 20.9. The van der Waals surface area contributed by atoms with Gasteiger partial charge in [-0.05, 0) is 70.6 Å². The first-order valence-corrected chi connectivity index (χ1v) is 15.4. The zero-order valence-electron chi connectivity index (χ0n) is 22.7. The molecule has 1 aliphatic heterocycles. The molecule has 0 saturated carbocycles. The number of anilines is 4. The van der Waals surface area contributed by atoms with Crippen LogP contribution < -0.4 is 26.0 Å². The minimum absolute atomic E-state index is 0.162. The molecular formula is C28H36N7O2P. The number of benzene rings is 2.